The van der Waals surface area contributed by atoms with Crippen molar-refractivity contribution >= 4 is 34.9 Å². The Labute approximate surface area is 131 Å². The summed E-state index contributed by atoms with van der Waals surface area (Å²) in [5.41, 5.74) is 2.68. The van der Waals surface area contributed by atoms with Crippen molar-refractivity contribution in [3.05, 3.63) is 39.5 Å². The Hall–Kier alpha value is -2.16. The van der Waals surface area contributed by atoms with E-state index in [1.54, 1.807) is 0 Å². The number of nitrogen functional groups attached to an aromatic ring is 1. The summed E-state index contributed by atoms with van der Waals surface area (Å²) in [5, 5.41) is 16.7. The van der Waals surface area contributed by atoms with E-state index in [4.69, 9.17) is 39.3 Å². The maximum absolute atomic E-state index is 14.2. The standard InChI is InChI=1S/C12H6Cl2F2N2O4/c13-4-2-1-3(6(15)11(4)22-21)9-7(16)8(17)5(14)10(18-9)12(19)20/h1-2,21H,(H2,17,18)(H,19,20). The Bertz CT molecular complexity index is 786. The predicted molar refractivity (Wildman–Crippen MR) is 74.2 cm³/mol. The summed E-state index contributed by atoms with van der Waals surface area (Å²) < 4.78 is 28.3. The monoisotopic (exact) mass is 350 g/mol. The van der Waals surface area contributed by atoms with Crippen molar-refractivity contribution in [2.45, 2.75) is 0 Å². The van der Waals surface area contributed by atoms with E-state index in [0.717, 1.165) is 12.1 Å². The van der Waals surface area contributed by atoms with E-state index < -0.39 is 51.0 Å². The van der Waals surface area contributed by atoms with Gasteiger partial charge in [0.1, 0.15) is 5.69 Å². The van der Waals surface area contributed by atoms with Crippen molar-refractivity contribution < 1.29 is 28.8 Å². The fourth-order valence-electron chi connectivity index (χ4n) is 1.68. The fraction of sp³-hybridized carbons (Fsp3) is 0. The van der Waals surface area contributed by atoms with Crippen LogP contribution in [-0.4, -0.2) is 21.3 Å². The number of aromatic carboxylic acids is 1. The summed E-state index contributed by atoms with van der Waals surface area (Å²) in [6.45, 7) is 0. The van der Waals surface area contributed by atoms with E-state index in [0.29, 0.717) is 0 Å². The number of carboxylic acids is 1. The van der Waals surface area contributed by atoms with Gasteiger partial charge in [0.2, 0.25) is 5.75 Å². The molecule has 0 radical (unpaired) electrons. The molecule has 116 valence electrons. The van der Waals surface area contributed by atoms with Crippen LogP contribution in [0, 0.1) is 11.6 Å². The van der Waals surface area contributed by atoms with Crippen molar-refractivity contribution in [2.24, 2.45) is 0 Å². The van der Waals surface area contributed by atoms with Crippen LogP contribution in [0.15, 0.2) is 12.1 Å². The number of pyridine rings is 1. The fourth-order valence-corrected chi connectivity index (χ4v) is 2.07. The van der Waals surface area contributed by atoms with Crippen LogP contribution in [0.5, 0.6) is 5.75 Å². The molecule has 0 saturated heterocycles. The van der Waals surface area contributed by atoms with Crippen LogP contribution in [0.4, 0.5) is 14.5 Å². The molecule has 0 amide bonds. The number of carbonyl (C=O) groups is 1. The van der Waals surface area contributed by atoms with Gasteiger partial charge in [-0.3, -0.25) is 0 Å². The van der Waals surface area contributed by atoms with Crippen LogP contribution in [0.1, 0.15) is 10.5 Å². The largest absolute Gasteiger partial charge is 0.476 e. The van der Waals surface area contributed by atoms with Gasteiger partial charge in [-0.2, -0.15) is 0 Å². The summed E-state index contributed by atoms with van der Waals surface area (Å²) in [6, 6.07) is 2.11. The van der Waals surface area contributed by atoms with E-state index in [-0.39, 0.29) is 5.02 Å². The van der Waals surface area contributed by atoms with Gasteiger partial charge in [0, 0.05) is 5.56 Å². The lowest BCUT2D eigenvalue weighted by atomic mass is 10.1. The molecule has 1 heterocycles. The molecule has 0 unspecified atom stereocenters. The topological polar surface area (TPSA) is 106 Å². The smallest absolute Gasteiger partial charge is 0.356 e. The lowest BCUT2D eigenvalue weighted by Gasteiger charge is -2.11. The minimum Gasteiger partial charge on any atom is -0.476 e. The highest BCUT2D eigenvalue weighted by Crippen LogP contribution is 2.38. The van der Waals surface area contributed by atoms with Gasteiger partial charge in [-0.25, -0.2) is 23.8 Å². The number of carboxylic acid groups (broad SMARTS) is 1. The normalized spacial score (nSPS) is 10.6. The van der Waals surface area contributed by atoms with Crippen molar-refractivity contribution in [3.63, 3.8) is 0 Å². The maximum Gasteiger partial charge on any atom is 0.356 e. The second-order valence-electron chi connectivity index (χ2n) is 3.99. The second kappa shape index (κ2) is 5.91. The number of halogens is 4. The molecule has 1 aromatic heterocycles. The van der Waals surface area contributed by atoms with Crippen molar-refractivity contribution in [3.8, 4) is 17.0 Å². The van der Waals surface area contributed by atoms with Crippen molar-refractivity contribution in [1.82, 2.24) is 4.98 Å². The van der Waals surface area contributed by atoms with Crippen LogP contribution in [0.2, 0.25) is 10.0 Å². The highest BCUT2D eigenvalue weighted by molar-refractivity contribution is 6.35. The highest BCUT2D eigenvalue weighted by atomic mass is 35.5. The van der Waals surface area contributed by atoms with Crippen molar-refractivity contribution in [1.29, 1.82) is 0 Å². The Morgan fingerprint density at radius 2 is 1.91 bits per heavy atom. The number of rotatable bonds is 3. The number of benzene rings is 1. The van der Waals surface area contributed by atoms with E-state index in [1.165, 1.54) is 0 Å². The molecular formula is C12H6Cl2F2N2O4. The van der Waals surface area contributed by atoms with Crippen molar-refractivity contribution in [2.75, 3.05) is 5.73 Å². The highest BCUT2D eigenvalue weighted by Gasteiger charge is 2.25. The van der Waals surface area contributed by atoms with E-state index in [2.05, 4.69) is 9.87 Å². The van der Waals surface area contributed by atoms with Crippen LogP contribution in [0.3, 0.4) is 0 Å². The zero-order valence-corrected chi connectivity index (χ0v) is 11.9. The third-order valence-electron chi connectivity index (χ3n) is 2.71. The van der Waals surface area contributed by atoms with Crippen LogP contribution >= 0.6 is 23.2 Å². The Kier molecular flexibility index (Phi) is 4.36. The Morgan fingerprint density at radius 3 is 2.45 bits per heavy atom. The third kappa shape index (κ3) is 2.52. The zero-order chi connectivity index (χ0) is 16.6. The lowest BCUT2D eigenvalue weighted by molar-refractivity contribution is -0.140. The van der Waals surface area contributed by atoms with E-state index >= 15 is 0 Å². The van der Waals surface area contributed by atoms with E-state index in [9.17, 15) is 13.6 Å². The molecule has 0 spiro atoms. The molecule has 0 bridgehead atoms. The molecule has 4 N–H and O–H groups in total. The van der Waals surface area contributed by atoms with Crippen LogP contribution < -0.4 is 10.6 Å². The number of hydrogen-bond donors (Lipinski definition) is 3. The summed E-state index contributed by atoms with van der Waals surface area (Å²) in [7, 11) is 0. The minimum atomic E-state index is -1.58. The van der Waals surface area contributed by atoms with Gasteiger partial charge in [0.15, 0.2) is 17.3 Å². The molecule has 0 aliphatic carbocycles. The Morgan fingerprint density at radius 1 is 1.27 bits per heavy atom. The first-order chi connectivity index (χ1) is 10.3. The van der Waals surface area contributed by atoms with Crippen LogP contribution in [0.25, 0.3) is 11.3 Å². The van der Waals surface area contributed by atoms with Gasteiger partial charge in [0.05, 0.1) is 15.7 Å². The molecule has 0 aliphatic heterocycles. The second-order valence-corrected chi connectivity index (χ2v) is 4.77. The number of nitrogens with two attached hydrogens (primary N) is 1. The first-order valence-corrected chi connectivity index (χ1v) is 6.22. The summed E-state index contributed by atoms with van der Waals surface area (Å²) in [4.78, 5) is 18.3. The molecule has 2 rings (SSSR count). The van der Waals surface area contributed by atoms with Gasteiger partial charge in [-0.15, -0.1) is 0 Å². The molecule has 0 aliphatic rings. The van der Waals surface area contributed by atoms with Gasteiger partial charge in [0.25, 0.3) is 0 Å². The minimum absolute atomic E-state index is 0.287. The zero-order valence-electron chi connectivity index (χ0n) is 10.4. The summed E-state index contributed by atoms with van der Waals surface area (Å²) in [6.07, 6.45) is 0. The van der Waals surface area contributed by atoms with Gasteiger partial charge in [-0.05, 0) is 12.1 Å². The third-order valence-corrected chi connectivity index (χ3v) is 3.39. The quantitative estimate of drug-likeness (QED) is 0.578. The molecule has 1 aromatic carbocycles. The average Bonchev–Trinajstić information content (AvgIpc) is 2.46. The molecule has 2 aromatic rings. The van der Waals surface area contributed by atoms with Gasteiger partial charge in [-0.1, -0.05) is 23.2 Å². The number of nitrogens with zero attached hydrogens (tertiary/aromatic N) is 1. The lowest BCUT2D eigenvalue weighted by Crippen LogP contribution is -2.09. The first-order valence-electron chi connectivity index (χ1n) is 5.47. The summed E-state index contributed by atoms with van der Waals surface area (Å²) in [5.74, 6) is -4.82. The SMILES string of the molecule is Nc1c(F)c(-c2ccc(Cl)c(OO)c2F)nc(C(=O)O)c1Cl. The summed E-state index contributed by atoms with van der Waals surface area (Å²) >= 11 is 11.2. The van der Waals surface area contributed by atoms with E-state index in [1.807, 2.05) is 0 Å². The Balaban J connectivity index is 2.81. The first kappa shape index (κ1) is 16.2. The molecule has 6 nitrogen and oxygen atoms in total. The average molecular weight is 351 g/mol. The predicted octanol–water partition coefficient (Wildman–Crippen LogP) is 3.47. The van der Waals surface area contributed by atoms with Gasteiger partial charge < -0.3 is 15.7 Å². The number of anilines is 1. The molecule has 22 heavy (non-hydrogen) atoms. The molecule has 0 saturated carbocycles. The number of aromatic nitrogens is 1. The molecular weight excluding hydrogens is 345 g/mol. The molecule has 0 fully saturated rings. The number of hydrogen-bond acceptors (Lipinski definition) is 5. The molecule has 10 heteroatoms. The maximum atomic E-state index is 14.2. The van der Waals surface area contributed by atoms with Gasteiger partial charge >= 0.3 is 5.97 Å². The van der Waals surface area contributed by atoms with Crippen LogP contribution in [-0.2, 0) is 0 Å². The molecule has 0 atom stereocenters.